The first-order chi connectivity index (χ1) is 9.15. The van der Waals surface area contributed by atoms with Gasteiger partial charge in [-0.25, -0.2) is 4.39 Å². The summed E-state index contributed by atoms with van der Waals surface area (Å²) in [6.45, 7) is 1.77. The average molecular weight is 280 g/mol. The minimum atomic E-state index is -0.340. The molecule has 0 aliphatic carbocycles. The topological polar surface area (TPSA) is 20.3 Å². The first-order valence-electron chi connectivity index (χ1n) is 6.57. The van der Waals surface area contributed by atoms with Crippen molar-refractivity contribution in [3.05, 3.63) is 40.3 Å². The SMILES string of the molecule is O=C1C/C(=C\c2c(F)cccc2Cl)N2CCC1CC2. The molecule has 0 radical (unpaired) electrons. The lowest BCUT2D eigenvalue weighted by Gasteiger charge is -2.29. The molecule has 0 spiro atoms. The Morgan fingerprint density at radius 3 is 2.74 bits per heavy atom. The Balaban J connectivity index is 2.00. The van der Waals surface area contributed by atoms with Crippen LogP contribution in [-0.4, -0.2) is 23.8 Å². The second-order valence-electron chi connectivity index (χ2n) is 5.18. The van der Waals surface area contributed by atoms with E-state index in [4.69, 9.17) is 11.6 Å². The average Bonchev–Trinajstić information content (AvgIpc) is 2.64. The summed E-state index contributed by atoms with van der Waals surface area (Å²) in [4.78, 5) is 14.2. The Kier molecular flexibility index (Phi) is 3.31. The van der Waals surface area contributed by atoms with E-state index in [1.165, 1.54) is 6.07 Å². The van der Waals surface area contributed by atoms with Gasteiger partial charge in [-0.2, -0.15) is 0 Å². The third kappa shape index (κ3) is 2.39. The van der Waals surface area contributed by atoms with Crippen molar-refractivity contribution >= 4 is 23.5 Å². The highest BCUT2D eigenvalue weighted by molar-refractivity contribution is 6.32. The summed E-state index contributed by atoms with van der Waals surface area (Å²) in [6, 6.07) is 4.65. The van der Waals surface area contributed by atoms with E-state index in [0.29, 0.717) is 17.0 Å². The van der Waals surface area contributed by atoms with Crippen LogP contribution in [0, 0.1) is 11.7 Å². The lowest BCUT2D eigenvalue weighted by atomic mass is 9.94. The Morgan fingerprint density at radius 1 is 1.32 bits per heavy atom. The zero-order valence-corrected chi connectivity index (χ0v) is 11.3. The Morgan fingerprint density at radius 2 is 2.05 bits per heavy atom. The quantitative estimate of drug-likeness (QED) is 0.784. The van der Waals surface area contributed by atoms with E-state index < -0.39 is 0 Å². The molecule has 4 heteroatoms. The van der Waals surface area contributed by atoms with Crippen LogP contribution in [0.5, 0.6) is 0 Å². The van der Waals surface area contributed by atoms with E-state index in [-0.39, 0.29) is 17.5 Å². The summed E-state index contributed by atoms with van der Waals surface area (Å²) < 4.78 is 13.8. The summed E-state index contributed by atoms with van der Waals surface area (Å²) in [7, 11) is 0. The number of nitrogens with zero attached hydrogens (tertiary/aromatic N) is 1. The number of carbonyl (C=O) groups excluding carboxylic acids is 1. The van der Waals surface area contributed by atoms with E-state index in [1.807, 2.05) is 0 Å². The number of benzene rings is 1. The van der Waals surface area contributed by atoms with Crippen molar-refractivity contribution in [2.45, 2.75) is 19.3 Å². The molecule has 3 aliphatic heterocycles. The zero-order valence-electron chi connectivity index (χ0n) is 10.5. The highest BCUT2D eigenvalue weighted by atomic mass is 35.5. The molecule has 3 saturated heterocycles. The maximum atomic E-state index is 13.8. The molecule has 0 unspecified atom stereocenters. The fraction of sp³-hybridized carbons (Fsp3) is 0.400. The fourth-order valence-corrected chi connectivity index (χ4v) is 3.10. The first kappa shape index (κ1) is 12.7. The summed E-state index contributed by atoms with van der Waals surface area (Å²) in [5.41, 5.74) is 1.29. The third-order valence-corrected chi connectivity index (χ3v) is 4.35. The number of allylic oxidation sites excluding steroid dienone is 1. The van der Waals surface area contributed by atoms with Crippen molar-refractivity contribution in [1.82, 2.24) is 4.90 Å². The number of piperidine rings is 1. The van der Waals surface area contributed by atoms with Crippen LogP contribution >= 0.6 is 11.6 Å². The third-order valence-electron chi connectivity index (χ3n) is 4.02. The van der Waals surface area contributed by atoms with Crippen LogP contribution in [0.3, 0.4) is 0 Å². The van der Waals surface area contributed by atoms with Crippen LogP contribution in [0.25, 0.3) is 6.08 Å². The van der Waals surface area contributed by atoms with Crippen LogP contribution in [0.2, 0.25) is 5.02 Å². The molecule has 100 valence electrons. The molecule has 3 aliphatic rings. The van der Waals surface area contributed by atoms with E-state index in [9.17, 15) is 9.18 Å². The number of hydrogen-bond donors (Lipinski definition) is 0. The van der Waals surface area contributed by atoms with Gasteiger partial charge in [0.15, 0.2) is 0 Å². The minimum Gasteiger partial charge on any atom is -0.374 e. The summed E-state index contributed by atoms with van der Waals surface area (Å²) >= 11 is 6.04. The standard InChI is InChI=1S/C15H15ClFNO/c16-13-2-1-3-14(17)12(13)8-11-9-15(19)10-4-6-18(11)7-5-10/h1-3,8,10H,4-7,9H2/b11-8+. The predicted octanol–water partition coefficient (Wildman–Crippen LogP) is 3.50. The van der Waals surface area contributed by atoms with Gasteiger partial charge in [0, 0.05) is 36.7 Å². The van der Waals surface area contributed by atoms with Gasteiger partial charge >= 0.3 is 0 Å². The smallest absolute Gasteiger partial charge is 0.141 e. The number of hydrogen-bond acceptors (Lipinski definition) is 2. The van der Waals surface area contributed by atoms with Crippen molar-refractivity contribution in [1.29, 1.82) is 0 Å². The highest BCUT2D eigenvalue weighted by Gasteiger charge is 2.31. The molecule has 0 saturated carbocycles. The number of ketones is 1. The van der Waals surface area contributed by atoms with Crippen LogP contribution in [0.15, 0.2) is 23.9 Å². The van der Waals surface area contributed by atoms with E-state index >= 15 is 0 Å². The van der Waals surface area contributed by atoms with Gasteiger partial charge in [0.2, 0.25) is 0 Å². The van der Waals surface area contributed by atoms with Gasteiger partial charge in [0.25, 0.3) is 0 Å². The molecule has 0 aromatic heterocycles. The summed E-state index contributed by atoms with van der Waals surface area (Å²) in [6.07, 6.45) is 3.97. The predicted molar refractivity (Wildman–Crippen MR) is 73.3 cm³/mol. The van der Waals surface area contributed by atoms with E-state index in [1.54, 1.807) is 18.2 Å². The van der Waals surface area contributed by atoms with Gasteiger partial charge in [-0.15, -0.1) is 0 Å². The first-order valence-corrected chi connectivity index (χ1v) is 6.95. The lowest BCUT2D eigenvalue weighted by Crippen LogP contribution is -2.30. The fourth-order valence-electron chi connectivity index (χ4n) is 2.88. The van der Waals surface area contributed by atoms with E-state index in [2.05, 4.69) is 4.90 Å². The van der Waals surface area contributed by atoms with Crippen molar-refractivity contribution in [3.63, 3.8) is 0 Å². The zero-order chi connectivity index (χ0) is 13.4. The van der Waals surface area contributed by atoms with Crippen LogP contribution in [0.1, 0.15) is 24.8 Å². The van der Waals surface area contributed by atoms with Crippen LogP contribution < -0.4 is 0 Å². The monoisotopic (exact) mass is 279 g/mol. The summed E-state index contributed by atoms with van der Waals surface area (Å²) in [5, 5.41) is 0.389. The maximum absolute atomic E-state index is 13.8. The van der Waals surface area contributed by atoms with E-state index in [0.717, 1.165) is 31.6 Å². The molecule has 0 atom stereocenters. The van der Waals surface area contributed by atoms with Gasteiger partial charge in [0.1, 0.15) is 11.6 Å². The van der Waals surface area contributed by atoms with Crippen molar-refractivity contribution in [2.24, 2.45) is 5.92 Å². The van der Waals surface area contributed by atoms with Gasteiger partial charge in [-0.1, -0.05) is 17.7 Å². The molecule has 2 bridgehead atoms. The number of halogens is 2. The molecule has 0 amide bonds. The van der Waals surface area contributed by atoms with Gasteiger partial charge in [0.05, 0.1) is 5.02 Å². The Hall–Kier alpha value is -1.35. The molecule has 0 N–H and O–H groups in total. The van der Waals surface area contributed by atoms with Crippen LogP contribution in [0.4, 0.5) is 4.39 Å². The maximum Gasteiger partial charge on any atom is 0.141 e. The second-order valence-corrected chi connectivity index (χ2v) is 5.58. The number of fused-ring (bicyclic) bond motifs is 4. The molecular formula is C15H15ClFNO. The number of rotatable bonds is 1. The minimum absolute atomic E-state index is 0.193. The molecule has 3 heterocycles. The number of carbonyl (C=O) groups is 1. The Bertz CT molecular complexity index is 527. The Labute approximate surface area is 116 Å². The summed E-state index contributed by atoms with van der Waals surface area (Å²) in [5.74, 6) is 0.129. The van der Waals surface area contributed by atoms with Gasteiger partial charge in [-0.3, -0.25) is 4.79 Å². The largest absolute Gasteiger partial charge is 0.374 e. The van der Waals surface area contributed by atoms with Gasteiger partial charge < -0.3 is 4.90 Å². The van der Waals surface area contributed by atoms with Gasteiger partial charge in [-0.05, 0) is 31.1 Å². The van der Waals surface area contributed by atoms with Crippen LogP contribution in [-0.2, 0) is 4.79 Å². The molecule has 3 fully saturated rings. The molecular weight excluding hydrogens is 265 g/mol. The molecule has 19 heavy (non-hydrogen) atoms. The van der Waals surface area contributed by atoms with Crippen molar-refractivity contribution in [2.75, 3.05) is 13.1 Å². The lowest BCUT2D eigenvalue weighted by molar-refractivity contribution is -0.122. The normalized spacial score (nSPS) is 22.1. The molecule has 4 rings (SSSR count). The van der Waals surface area contributed by atoms with Crippen molar-refractivity contribution in [3.8, 4) is 0 Å². The van der Waals surface area contributed by atoms with Crippen molar-refractivity contribution < 1.29 is 9.18 Å². The second kappa shape index (κ2) is 4.97. The molecule has 2 nitrogen and oxygen atoms in total. The highest BCUT2D eigenvalue weighted by Crippen LogP contribution is 2.32. The molecule has 1 aromatic rings. The number of Topliss-reactive ketones (excluding diaryl/α,β-unsaturated/α-hetero) is 1. The molecule has 1 aromatic carbocycles.